The summed E-state index contributed by atoms with van der Waals surface area (Å²) in [5.41, 5.74) is 12.6. The lowest BCUT2D eigenvalue weighted by Crippen LogP contribution is -2.53. The lowest BCUT2D eigenvalue weighted by Gasteiger charge is -2.37. The highest BCUT2D eigenvalue weighted by molar-refractivity contribution is 5.81. The molecule has 0 spiro atoms. The second-order valence-corrected chi connectivity index (χ2v) is 5.41. The summed E-state index contributed by atoms with van der Waals surface area (Å²) in [5, 5.41) is 0. The van der Waals surface area contributed by atoms with Crippen LogP contribution < -0.4 is 16.4 Å². The largest absolute Gasteiger partial charge is 0.368 e. The van der Waals surface area contributed by atoms with Crippen LogP contribution in [-0.2, 0) is 4.79 Å². The smallest absolute Gasteiger partial charge is 0.239 e. The van der Waals surface area contributed by atoms with Crippen LogP contribution in [0.3, 0.4) is 0 Å². The van der Waals surface area contributed by atoms with Crippen molar-refractivity contribution in [2.75, 3.05) is 37.6 Å². The highest BCUT2D eigenvalue weighted by atomic mass is 16.2. The molecule has 1 unspecified atom stereocenters. The Hall–Kier alpha value is -1.66. The number of nitrogens with zero attached hydrogens (tertiary/aromatic N) is 3. The summed E-state index contributed by atoms with van der Waals surface area (Å²) in [4.78, 5) is 20.5. The molecule has 0 radical (unpaired) electrons. The molecule has 1 fully saturated rings. The number of pyridine rings is 1. The molecular formula is C15H25N5O. The second-order valence-electron chi connectivity index (χ2n) is 5.41. The van der Waals surface area contributed by atoms with E-state index in [-0.39, 0.29) is 11.9 Å². The van der Waals surface area contributed by atoms with Crippen molar-refractivity contribution in [1.82, 2.24) is 9.88 Å². The number of anilines is 1. The fraction of sp³-hybridized carbons (Fsp3) is 0.600. The van der Waals surface area contributed by atoms with Gasteiger partial charge >= 0.3 is 0 Å². The van der Waals surface area contributed by atoms with Crippen LogP contribution in [0.1, 0.15) is 19.3 Å². The fourth-order valence-electron chi connectivity index (χ4n) is 2.61. The van der Waals surface area contributed by atoms with Gasteiger partial charge in [0.25, 0.3) is 0 Å². The number of amides is 1. The quantitative estimate of drug-likeness (QED) is 0.730. The number of hydrogen-bond donors (Lipinski definition) is 2. The molecule has 6 nitrogen and oxygen atoms in total. The van der Waals surface area contributed by atoms with Crippen LogP contribution in [0, 0.1) is 0 Å². The maximum absolute atomic E-state index is 12.3. The first-order valence-electron chi connectivity index (χ1n) is 7.62. The summed E-state index contributed by atoms with van der Waals surface area (Å²) in [7, 11) is 0. The standard InChI is InChI=1S/C15H25N5O/c16-6-2-1-3-14(17)15(21)20-11-9-19(10-12-20)13-4-7-18-8-5-13/h4-5,7-8,14H,1-3,6,9-12,16-17H2. The van der Waals surface area contributed by atoms with E-state index in [9.17, 15) is 4.79 Å². The normalized spacial score (nSPS) is 16.9. The fourth-order valence-corrected chi connectivity index (χ4v) is 2.61. The lowest BCUT2D eigenvalue weighted by atomic mass is 10.1. The van der Waals surface area contributed by atoms with Crippen molar-refractivity contribution in [2.24, 2.45) is 11.5 Å². The molecule has 0 saturated carbocycles. The van der Waals surface area contributed by atoms with Crippen molar-refractivity contribution in [3.63, 3.8) is 0 Å². The number of nitrogens with two attached hydrogens (primary N) is 2. The molecule has 1 aliphatic heterocycles. The molecule has 21 heavy (non-hydrogen) atoms. The molecule has 1 aliphatic rings. The number of piperazine rings is 1. The van der Waals surface area contributed by atoms with Crippen LogP contribution in [0.2, 0.25) is 0 Å². The number of hydrogen-bond acceptors (Lipinski definition) is 5. The zero-order chi connectivity index (χ0) is 15.1. The summed E-state index contributed by atoms with van der Waals surface area (Å²) in [6.45, 7) is 3.79. The van der Waals surface area contributed by atoms with E-state index in [1.165, 1.54) is 0 Å². The average molecular weight is 291 g/mol. The van der Waals surface area contributed by atoms with Gasteiger partial charge in [0, 0.05) is 44.3 Å². The molecular weight excluding hydrogens is 266 g/mol. The Labute approximate surface area is 126 Å². The van der Waals surface area contributed by atoms with Crippen LogP contribution in [0.25, 0.3) is 0 Å². The van der Waals surface area contributed by atoms with Gasteiger partial charge < -0.3 is 21.3 Å². The summed E-state index contributed by atoms with van der Waals surface area (Å²) in [5.74, 6) is 0.0707. The Bertz CT molecular complexity index is 431. The first-order valence-corrected chi connectivity index (χ1v) is 7.62. The lowest BCUT2D eigenvalue weighted by molar-refractivity contribution is -0.133. The van der Waals surface area contributed by atoms with E-state index in [2.05, 4.69) is 9.88 Å². The third-order valence-electron chi connectivity index (χ3n) is 3.91. The van der Waals surface area contributed by atoms with E-state index < -0.39 is 0 Å². The van der Waals surface area contributed by atoms with E-state index in [1.54, 1.807) is 12.4 Å². The Morgan fingerprint density at radius 2 is 1.86 bits per heavy atom. The van der Waals surface area contributed by atoms with E-state index >= 15 is 0 Å². The Balaban J connectivity index is 1.79. The first kappa shape index (κ1) is 15.7. The van der Waals surface area contributed by atoms with Gasteiger partial charge in [-0.15, -0.1) is 0 Å². The van der Waals surface area contributed by atoms with Crippen molar-refractivity contribution in [3.8, 4) is 0 Å². The molecule has 1 aromatic rings. The zero-order valence-electron chi connectivity index (χ0n) is 12.4. The summed E-state index contributed by atoms with van der Waals surface area (Å²) < 4.78 is 0. The van der Waals surface area contributed by atoms with Gasteiger partial charge in [-0.1, -0.05) is 6.42 Å². The van der Waals surface area contributed by atoms with Gasteiger partial charge in [-0.2, -0.15) is 0 Å². The van der Waals surface area contributed by atoms with Crippen LogP contribution >= 0.6 is 0 Å². The van der Waals surface area contributed by atoms with Gasteiger partial charge in [0.15, 0.2) is 0 Å². The molecule has 2 heterocycles. The topological polar surface area (TPSA) is 88.5 Å². The summed E-state index contributed by atoms with van der Waals surface area (Å²) in [6, 6.07) is 3.61. The molecule has 116 valence electrons. The molecule has 6 heteroatoms. The minimum Gasteiger partial charge on any atom is -0.368 e. The van der Waals surface area contributed by atoms with Gasteiger partial charge in [0.2, 0.25) is 5.91 Å². The van der Waals surface area contributed by atoms with Crippen molar-refractivity contribution in [2.45, 2.75) is 25.3 Å². The number of unbranched alkanes of at least 4 members (excludes halogenated alkanes) is 1. The molecule has 1 amide bonds. The van der Waals surface area contributed by atoms with Crippen LogP contribution in [-0.4, -0.2) is 54.6 Å². The maximum atomic E-state index is 12.3. The van der Waals surface area contributed by atoms with Crippen molar-refractivity contribution in [3.05, 3.63) is 24.5 Å². The van der Waals surface area contributed by atoms with Gasteiger partial charge in [0.05, 0.1) is 6.04 Å². The van der Waals surface area contributed by atoms with Crippen LogP contribution in [0.5, 0.6) is 0 Å². The van der Waals surface area contributed by atoms with Crippen molar-refractivity contribution >= 4 is 11.6 Å². The predicted molar refractivity (Wildman–Crippen MR) is 83.9 cm³/mol. The minimum atomic E-state index is -0.385. The highest BCUT2D eigenvalue weighted by Gasteiger charge is 2.24. The zero-order valence-corrected chi connectivity index (χ0v) is 12.4. The molecule has 4 N–H and O–H groups in total. The first-order chi connectivity index (χ1) is 10.2. The monoisotopic (exact) mass is 291 g/mol. The molecule has 0 bridgehead atoms. The molecule has 1 atom stereocenters. The number of carbonyl (C=O) groups is 1. The van der Waals surface area contributed by atoms with Crippen LogP contribution in [0.15, 0.2) is 24.5 Å². The Kier molecular flexibility index (Phi) is 5.95. The van der Waals surface area contributed by atoms with Gasteiger partial charge in [-0.25, -0.2) is 0 Å². The average Bonchev–Trinajstić information content (AvgIpc) is 2.55. The SMILES string of the molecule is NCCCCC(N)C(=O)N1CCN(c2ccncc2)CC1. The van der Waals surface area contributed by atoms with Gasteiger partial charge in [-0.05, 0) is 31.5 Å². The molecule has 1 aromatic heterocycles. The minimum absolute atomic E-state index is 0.0707. The third-order valence-corrected chi connectivity index (χ3v) is 3.91. The molecule has 0 aromatic carbocycles. The third kappa shape index (κ3) is 4.41. The van der Waals surface area contributed by atoms with Gasteiger partial charge in [-0.3, -0.25) is 9.78 Å². The number of carbonyl (C=O) groups excluding carboxylic acids is 1. The van der Waals surface area contributed by atoms with E-state index in [4.69, 9.17) is 11.5 Å². The molecule has 1 saturated heterocycles. The predicted octanol–water partition coefficient (Wildman–Crippen LogP) is 0.187. The highest BCUT2D eigenvalue weighted by Crippen LogP contribution is 2.15. The summed E-state index contributed by atoms with van der Waals surface area (Å²) in [6.07, 6.45) is 6.15. The molecule has 0 aliphatic carbocycles. The number of rotatable bonds is 6. The summed E-state index contributed by atoms with van der Waals surface area (Å²) >= 11 is 0. The Morgan fingerprint density at radius 1 is 1.19 bits per heavy atom. The Morgan fingerprint density at radius 3 is 2.48 bits per heavy atom. The van der Waals surface area contributed by atoms with Gasteiger partial charge in [0.1, 0.15) is 0 Å². The van der Waals surface area contributed by atoms with Crippen molar-refractivity contribution in [1.29, 1.82) is 0 Å². The van der Waals surface area contributed by atoms with E-state index in [1.807, 2.05) is 17.0 Å². The molecule has 2 rings (SSSR count). The van der Waals surface area contributed by atoms with Crippen LogP contribution in [0.4, 0.5) is 5.69 Å². The van der Waals surface area contributed by atoms with E-state index in [0.717, 1.165) is 51.1 Å². The second kappa shape index (κ2) is 7.95. The maximum Gasteiger partial charge on any atom is 0.239 e. The van der Waals surface area contributed by atoms with Crippen molar-refractivity contribution < 1.29 is 4.79 Å². The van der Waals surface area contributed by atoms with E-state index in [0.29, 0.717) is 6.54 Å². The number of aromatic nitrogens is 1.